The highest BCUT2D eigenvalue weighted by molar-refractivity contribution is 5.87. The average molecular weight is 254 g/mol. The van der Waals surface area contributed by atoms with Gasteiger partial charge in [0.2, 0.25) is 5.91 Å². The van der Waals surface area contributed by atoms with Crippen LogP contribution in [0.4, 0.5) is 0 Å². The van der Waals surface area contributed by atoms with Gasteiger partial charge in [0.15, 0.2) is 0 Å². The first-order valence-corrected chi connectivity index (χ1v) is 5.76. The van der Waals surface area contributed by atoms with Gasteiger partial charge in [0.05, 0.1) is 6.61 Å². The summed E-state index contributed by atoms with van der Waals surface area (Å²) in [6.45, 7) is 3.80. The Morgan fingerprint density at radius 1 is 1.44 bits per heavy atom. The lowest BCUT2D eigenvalue weighted by Crippen LogP contribution is -2.41. The maximum Gasteiger partial charge on any atom is 0.352 e. The Labute approximate surface area is 105 Å². The number of hydrogen-bond donors (Lipinski definition) is 2. The summed E-state index contributed by atoms with van der Waals surface area (Å²) in [4.78, 5) is 24.4. The number of nitrogens with zero attached hydrogens (tertiary/aromatic N) is 2. The Hall–Kier alpha value is -1.82. The van der Waals surface area contributed by atoms with Crippen LogP contribution in [0.1, 0.15) is 24.3 Å². The van der Waals surface area contributed by atoms with Crippen LogP contribution in [0.15, 0.2) is 18.3 Å². The molecule has 18 heavy (non-hydrogen) atoms. The van der Waals surface area contributed by atoms with Gasteiger partial charge in [-0.2, -0.15) is 0 Å². The molecule has 1 aromatic heterocycles. The lowest BCUT2D eigenvalue weighted by Gasteiger charge is -2.26. The Morgan fingerprint density at radius 2 is 2.11 bits per heavy atom. The van der Waals surface area contributed by atoms with E-state index >= 15 is 0 Å². The minimum Gasteiger partial charge on any atom is -0.477 e. The van der Waals surface area contributed by atoms with Crippen molar-refractivity contribution in [1.82, 2.24) is 9.47 Å². The first-order valence-electron chi connectivity index (χ1n) is 5.76. The SMILES string of the molecule is CC(C)N(CCO)C(=O)Cn1cccc1C(=O)O. The van der Waals surface area contributed by atoms with Crippen LogP contribution in [0.3, 0.4) is 0 Å². The third-order valence-electron chi connectivity index (χ3n) is 2.64. The van der Waals surface area contributed by atoms with Crippen molar-refractivity contribution in [2.24, 2.45) is 0 Å². The molecule has 0 aliphatic carbocycles. The molecule has 0 atom stereocenters. The quantitative estimate of drug-likeness (QED) is 0.770. The molecule has 6 heteroatoms. The van der Waals surface area contributed by atoms with E-state index in [1.807, 2.05) is 13.8 Å². The zero-order valence-electron chi connectivity index (χ0n) is 10.5. The topological polar surface area (TPSA) is 82.8 Å². The number of aromatic nitrogens is 1. The van der Waals surface area contributed by atoms with E-state index in [9.17, 15) is 9.59 Å². The summed E-state index contributed by atoms with van der Waals surface area (Å²) in [7, 11) is 0. The Bertz CT molecular complexity index is 425. The molecule has 1 heterocycles. The summed E-state index contributed by atoms with van der Waals surface area (Å²) in [5.41, 5.74) is 0.0797. The third-order valence-corrected chi connectivity index (χ3v) is 2.64. The van der Waals surface area contributed by atoms with Crippen LogP contribution < -0.4 is 0 Å². The number of hydrogen-bond acceptors (Lipinski definition) is 3. The van der Waals surface area contributed by atoms with Crippen LogP contribution in [0.2, 0.25) is 0 Å². The Kier molecular flexibility index (Phi) is 4.91. The molecule has 100 valence electrons. The molecule has 0 radical (unpaired) electrons. The molecule has 2 N–H and O–H groups in total. The zero-order chi connectivity index (χ0) is 13.7. The number of amides is 1. The van der Waals surface area contributed by atoms with Crippen molar-refractivity contribution in [2.75, 3.05) is 13.2 Å². The predicted octanol–water partition coefficient (Wildman–Crippen LogP) is 0.416. The zero-order valence-corrected chi connectivity index (χ0v) is 10.5. The first-order chi connectivity index (χ1) is 8.47. The summed E-state index contributed by atoms with van der Waals surface area (Å²) < 4.78 is 1.39. The van der Waals surface area contributed by atoms with Crippen molar-refractivity contribution < 1.29 is 19.8 Å². The monoisotopic (exact) mass is 254 g/mol. The number of aliphatic hydroxyl groups is 1. The number of carbonyl (C=O) groups is 2. The molecule has 1 amide bonds. The van der Waals surface area contributed by atoms with Gasteiger partial charge >= 0.3 is 5.97 Å². The Balaban J connectivity index is 2.79. The van der Waals surface area contributed by atoms with Gasteiger partial charge in [0.25, 0.3) is 0 Å². The van der Waals surface area contributed by atoms with Crippen molar-refractivity contribution in [1.29, 1.82) is 0 Å². The molecule has 0 saturated carbocycles. The van der Waals surface area contributed by atoms with E-state index in [-0.39, 0.29) is 37.3 Å². The van der Waals surface area contributed by atoms with Gasteiger partial charge in [-0.1, -0.05) is 0 Å². The molecule has 0 aliphatic rings. The lowest BCUT2D eigenvalue weighted by molar-refractivity contribution is -0.134. The fourth-order valence-electron chi connectivity index (χ4n) is 1.76. The van der Waals surface area contributed by atoms with Crippen LogP contribution in [-0.2, 0) is 11.3 Å². The lowest BCUT2D eigenvalue weighted by atomic mass is 10.3. The molecular formula is C12H18N2O4. The second-order valence-electron chi connectivity index (χ2n) is 4.23. The molecule has 0 aliphatic heterocycles. The van der Waals surface area contributed by atoms with E-state index in [1.165, 1.54) is 15.5 Å². The number of carboxylic acids is 1. The standard InChI is InChI=1S/C12H18N2O4/c1-9(2)14(6-7-15)11(16)8-13-5-3-4-10(13)12(17)18/h3-5,9,15H,6-8H2,1-2H3,(H,17,18). The van der Waals surface area contributed by atoms with Crippen LogP contribution in [0.5, 0.6) is 0 Å². The molecule has 0 bridgehead atoms. The average Bonchev–Trinajstić information content (AvgIpc) is 2.73. The maximum absolute atomic E-state index is 12.0. The minimum absolute atomic E-state index is 0.0338. The van der Waals surface area contributed by atoms with Crippen molar-refractivity contribution in [3.05, 3.63) is 24.0 Å². The Morgan fingerprint density at radius 3 is 2.61 bits per heavy atom. The van der Waals surface area contributed by atoms with E-state index in [1.54, 1.807) is 12.3 Å². The molecule has 1 rings (SSSR count). The second kappa shape index (κ2) is 6.20. The minimum atomic E-state index is -1.06. The number of carbonyl (C=O) groups excluding carboxylic acids is 1. The molecule has 0 unspecified atom stereocenters. The van der Waals surface area contributed by atoms with Crippen molar-refractivity contribution in [2.45, 2.75) is 26.4 Å². The normalized spacial score (nSPS) is 10.7. The highest BCUT2D eigenvalue weighted by Gasteiger charge is 2.18. The smallest absolute Gasteiger partial charge is 0.352 e. The van der Waals surface area contributed by atoms with Crippen LogP contribution in [-0.4, -0.2) is 50.8 Å². The molecule has 0 aromatic carbocycles. The van der Waals surface area contributed by atoms with Gasteiger partial charge in [-0.05, 0) is 26.0 Å². The second-order valence-corrected chi connectivity index (χ2v) is 4.23. The van der Waals surface area contributed by atoms with Crippen LogP contribution >= 0.6 is 0 Å². The molecule has 0 saturated heterocycles. The number of rotatable bonds is 6. The fourth-order valence-corrected chi connectivity index (χ4v) is 1.76. The molecule has 1 aromatic rings. The fraction of sp³-hybridized carbons (Fsp3) is 0.500. The largest absolute Gasteiger partial charge is 0.477 e. The van der Waals surface area contributed by atoms with E-state index in [0.717, 1.165) is 0 Å². The molecule has 0 spiro atoms. The van der Waals surface area contributed by atoms with E-state index < -0.39 is 5.97 Å². The van der Waals surface area contributed by atoms with E-state index in [4.69, 9.17) is 10.2 Å². The summed E-state index contributed by atoms with van der Waals surface area (Å²) in [6.07, 6.45) is 1.55. The summed E-state index contributed by atoms with van der Waals surface area (Å²) in [6, 6.07) is 3.00. The maximum atomic E-state index is 12.0. The van der Waals surface area contributed by atoms with Crippen molar-refractivity contribution >= 4 is 11.9 Å². The predicted molar refractivity (Wildman–Crippen MR) is 65.3 cm³/mol. The third kappa shape index (κ3) is 3.33. The van der Waals surface area contributed by atoms with Gasteiger partial charge in [0, 0.05) is 18.8 Å². The van der Waals surface area contributed by atoms with E-state index in [2.05, 4.69) is 0 Å². The molecule has 0 fully saturated rings. The van der Waals surface area contributed by atoms with E-state index in [0.29, 0.717) is 0 Å². The van der Waals surface area contributed by atoms with Gasteiger partial charge in [-0.25, -0.2) is 4.79 Å². The number of carboxylic acid groups (broad SMARTS) is 1. The molecular weight excluding hydrogens is 236 g/mol. The van der Waals surface area contributed by atoms with Crippen molar-refractivity contribution in [3.63, 3.8) is 0 Å². The van der Waals surface area contributed by atoms with Gasteiger partial charge in [0.1, 0.15) is 12.2 Å². The summed E-state index contributed by atoms with van der Waals surface area (Å²) in [5, 5.41) is 17.8. The van der Waals surface area contributed by atoms with Gasteiger partial charge < -0.3 is 19.7 Å². The van der Waals surface area contributed by atoms with Crippen LogP contribution in [0.25, 0.3) is 0 Å². The van der Waals surface area contributed by atoms with Crippen molar-refractivity contribution in [3.8, 4) is 0 Å². The summed E-state index contributed by atoms with van der Waals surface area (Å²) >= 11 is 0. The summed E-state index contributed by atoms with van der Waals surface area (Å²) in [5.74, 6) is -1.27. The highest BCUT2D eigenvalue weighted by Crippen LogP contribution is 2.06. The first kappa shape index (κ1) is 14.2. The molecule has 6 nitrogen and oxygen atoms in total. The van der Waals surface area contributed by atoms with Gasteiger partial charge in [-0.15, -0.1) is 0 Å². The highest BCUT2D eigenvalue weighted by atomic mass is 16.4. The number of aliphatic hydroxyl groups excluding tert-OH is 1. The van der Waals surface area contributed by atoms with Crippen LogP contribution in [0, 0.1) is 0 Å². The number of aromatic carboxylic acids is 1. The van der Waals surface area contributed by atoms with Gasteiger partial charge in [-0.3, -0.25) is 4.79 Å².